The Morgan fingerprint density at radius 1 is 1.44 bits per heavy atom. The molecule has 0 saturated heterocycles. The summed E-state index contributed by atoms with van der Waals surface area (Å²) < 4.78 is 13.4. The first-order chi connectivity index (χ1) is 8.52. The maximum Gasteiger partial charge on any atom is 0.127 e. The highest BCUT2D eigenvalue weighted by Gasteiger charge is 2.08. The van der Waals surface area contributed by atoms with Crippen molar-refractivity contribution >= 4 is 0 Å². The molecule has 0 fully saturated rings. The lowest BCUT2D eigenvalue weighted by Gasteiger charge is -2.14. The van der Waals surface area contributed by atoms with Crippen LogP contribution in [0.5, 0.6) is 0 Å². The van der Waals surface area contributed by atoms with Crippen LogP contribution in [0.1, 0.15) is 31.4 Å². The average Bonchev–Trinajstić information content (AvgIpc) is 2.30. The van der Waals surface area contributed by atoms with Gasteiger partial charge in [-0.25, -0.2) is 4.39 Å². The zero-order valence-electron chi connectivity index (χ0n) is 10.8. The lowest BCUT2D eigenvalue weighted by molar-refractivity contribution is 0.146. The van der Waals surface area contributed by atoms with Crippen LogP contribution in [0.15, 0.2) is 18.2 Å². The normalized spacial score (nSPS) is 12.4. The second kappa shape index (κ2) is 7.10. The highest BCUT2D eigenvalue weighted by molar-refractivity contribution is 5.33. The van der Waals surface area contributed by atoms with Crippen LogP contribution in [0.4, 0.5) is 4.39 Å². The molecule has 98 valence electrons. The number of aliphatic hydroxyl groups is 1. The van der Waals surface area contributed by atoms with Gasteiger partial charge in [-0.15, -0.1) is 0 Å². The molecule has 2 N–H and O–H groups in total. The Labute approximate surface area is 107 Å². The zero-order valence-corrected chi connectivity index (χ0v) is 10.8. The minimum Gasteiger partial charge on any atom is -0.392 e. The fourth-order valence-electron chi connectivity index (χ4n) is 1.78. The van der Waals surface area contributed by atoms with E-state index in [0.717, 1.165) is 0 Å². The van der Waals surface area contributed by atoms with Crippen LogP contribution < -0.4 is 5.32 Å². The average molecular weight is 250 g/mol. The maximum absolute atomic E-state index is 13.4. The van der Waals surface area contributed by atoms with E-state index in [1.54, 1.807) is 0 Å². The van der Waals surface area contributed by atoms with Gasteiger partial charge in [0.05, 0.1) is 17.7 Å². The highest BCUT2D eigenvalue weighted by Crippen LogP contribution is 2.10. The number of hydrogen-bond acceptors (Lipinski definition) is 3. The van der Waals surface area contributed by atoms with Crippen LogP contribution in [0.3, 0.4) is 0 Å². The predicted molar refractivity (Wildman–Crippen MR) is 68.3 cm³/mol. The number of nitrogens with zero attached hydrogens (tertiary/aromatic N) is 1. The first kappa shape index (κ1) is 14.6. The smallest absolute Gasteiger partial charge is 0.127 e. The molecule has 0 aliphatic rings. The standard InChI is InChI=1S/C14H19FN2O/c1-10(2)5-13(18)9-17-8-12-6-11(7-16)3-4-14(12)15/h3-4,6,10,13,17-18H,5,8-9H2,1-2H3. The molecule has 1 rings (SSSR count). The van der Waals surface area contributed by atoms with Crippen molar-refractivity contribution in [2.24, 2.45) is 5.92 Å². The van der Waals surface area contributed by atoms with E-state index in [2.05, 4.69) is 5.32 Å². The SMILES string of the molecule is CC(C)CC(O)CNCc1cc(C#N)ccc1F. The molecule has 4 heteroatoms. The molecular weight excluding hydrogens is 231 g/mol. The Kier molecular flexibility index (Phi) is 5.76. The van der Waals surface area contributed by atoms with Gasteiger partial charge in [0, 0.05) is 18.7 Å². The molecule has 0 aliphatic carbocycles. The molecule has 0 spiro atoms. The van der Waals surface area contributed by atoms with Crippen molar-refractivity contribution in [2.75, 3.05) is 6.54 Å². The van der Waals surface area contributed by atoms with Crippen LogP contribution >= 0.6 is 0 Å². The lowest BCUT2D eigenvalue weighted by atomic mass is 10.1. The summed E-state index contributed by atoms with van der Waals surface area (Å²) in [6, 6.07) is 6.24. The van der Waals surface area contributed by atoms with Crippen molar-refractivity contribution in [1.29, 1.82) is 5.26 Å². The number of halogens is 1. The molecule has 3 nitrogen and oxygen atoms in total. The Hall–Kier alpha value is -1.44. The van der Waals surface area contributed by atoms with E-state index in [1.807, 2.05) is 19.9 Å². The minimum atomic E-state index is -0.424. The van der Waals surface area contributed by atoms with Gasteiger partial charge in [-0.3, -0.25) is 0 Å². The zero-order chi connectivity index (χ0) is 13.5. The number of hydrogen-bond donors (Lipinski definition) is 2. The number of nitriles is 1. The van der Waals surface area contributed by atoms with E-state index < -0.39 is 6.10 Å². The van der Waals surface area contributed by atoms with Crippen LogP contribution in [0.25, 0.3) is 0 Å². The summed E-state index contributed by atoms with van der Waals surface area (Å²) in [6.45, 7) is 4.82. The quantitative estimate of drug-likeness (QED) is 0.813. The summed E-state index contributed by atoms with van der Waals surface area (Å²) in [6.07, 6.45) is 0.292. The molecule has 0 aromatic heterocycles. The van der Waals surface area contributed by atoms with Crippen molar-refractivity contribution in [2.45, 2.75) is 32.9 Å². The lowest BCUT2D eigenvalue weighted by Crippen LogP contribution is -2.27. The third kappa shape index (κ3) is 4.82. The van der Waals surface area contributed by atoms with Gasteiger partial charge in [0.2, 0.25) is 0 Å². The first-order valence-corrected chi connectivity index (χ1v) is 6.10. The molecule has 0 bridgehead atoms. The molecule has 18 heavy (non-hydrogen) atoms. The third-order valence-corrected chi connectivity index (χ3v) is 2.61. The Bertz CT molecular complexity index is 426. The predicted octanol–water partition coefficient (Wildman–Crippen LogP) is 2.19. The van der Waals surface area contributed by atoms with Gasteiger partial charge in [0.15, 0.2) is 0 Å². The minimum absolute atomic E-state index is 0.316. The molecule has 0 radical (unpaired) electrons. The summed E-state index contributed by atoms with van der Waals surface area (Å²) in [7, 11) is 0. The molecule has 0 saturated carbocycles. The van der Waals surface area contributed by atoms with E-state index >= 15 is 0 Å². The molecule has 0 heterocycles. The number of rotatable bonds is 6. The summed E-state index contributed by atoms with van der Waals surface area (Å²) in [4.78, 5) is 0. The summed E-state index contributed by atoms with van der Waals surface area (Å²) in [5.41, 5.74) is 0.890. The molecular formula is C14H19FN2O. The topological polar surface area (TPSA) is 56.0 Å². The summed E-state index contributed by atoms with van der Waals surface area (Å²) in [5.74, 6) is 0.0975. The van der Waals surface area contributed by atoms with Crippen molar-refractivity contribution < 1.29 is 9.50 Å². The van der Waals surface area contributed by atoms with Gasteiger partial charge >= 0.3 is 0 Å². The molecule has 1 atom stereocenters. The van der Waals surface area contributed by atoms with Gasteiger partial charge in [-0.05, 0) is 30.5 Å². The van der Waals surface area contributed by atoms with Gasteiger partial charge in [-0.2, -0.15) is 5.26 Å². The second-order valence-corrected chi connectivity index (χ2v) is 4.83. The van der Waals surface area contributed by atoms with Crippen LogP contribution in [-0.4, -0.2) is 17.8 Å². The molecule has 0 amide bonds. The number of benzene rings is 1. The van der Waals surface area contributed by atoms with E-state index in [9.17, 15) is 9.50 Å². The van der Waals surface area contributed by atoms with Crippen molar-refractivity contribution in [3.63, 3.8) is 0 Å². The first-order valence-electron chi connectivity index (χ1n) is 6.10. The fourth-order valence-corrected chi connectivity index (χ4v) is 1.78. The van der Waals surface area contributed by atoms with Crippen LogP contribution in [0.2, 0.25) is 0 Å². The van der Waals surface area contributed by atoms with E-state index in [-0.39, 0.29) is 5.82 Å². The highest BCUT2D eigenvalue weighted by atomic mass is 19.1. The Balaban J connectivity index is 2.46. The maximum atomic E-state index is 13.4. The monoisotopic (exact) mass is 250 g/mol. The Morgan fingerprint density at radius 2 is 2.17 bits per heavy atom. The van der Waals surface area contributed by atoms with Gasteiger partial charge in [0.1, 0.15) is 5.82 Å². The Morgan fingerprint density at radius 3 is 2.78 bits per heavy atom. The molecule has 1 aromatic carbocycles. The van der Waals surface area contributed by atoms with Crippen molar-refractivity contribution in [3.8, 4) is 6.07 Å². The van der Waals surface area contributed by atoms with E-state index in [0.29, 0.717) is 36.6 Å². The van der Waals surface area contributed by atoms with E-state index in [4.69, 9.17) is 5.26 Å². The van der Waals surface area contributed by atoms with Gasteiger partial charge < -0.3 is 10.4 Å². The molecule has 0 aliphatic heterocycles. The van der Waals surface area contributed by atoms with E-state index in [1.165, 1.54) is 18.2 Å². The van der Waals surface area contributed by atoms with Gasteiger partial charge in [0.25, 0.3) is 0 Å². The van der Waals surface area contributed by atoms with Crippen molar-refractivity contribution in [1.82, 2.24) is 5.32 Å². The fraction of sp³-hybridized carbons (Fsp3) is 0.500. The van der Waals surface area contributed by atoms with Crippen molar-refractivity contribution in [3.05, 3.63) is 35.1 Å². The molecule has 1 aromatic rings. The van der Waals surface area contributed by atoms with Crippen LogP contribution in [0, 0.1) is 23.1 Å². The summed E-state index contributed by atoms with van der Waals surface area (Å²) in [5, 5.41) is 21.4. The van der Waals surface area contributed by atoms with Crippen LogP contribution in [-0.2, 0) is 6.54 Å². The molecule has 1 unspecified atom stereocenters. The number of nitrogens with one attached hydrogen (secondary N) is 1. The van der Waals surface area contributed by atoms with Gasteiger partial charge in [-0.1, -0.05) is 13.8 Å². The third-order valence-electron chi connectivity index (χ3n) is 2.61. The summed E-state index contributed by atoms with van der Waals surface area (Å²) >= 11 is 0. The second-order valence-electron chi connectivity index (χ2n) is 4.83. The largest absolute Gasteiger partial charge is 0.392 e. The number of aliphatic hydroxyl groups excluding tert-OH is 1.